The van der Waals surface area contributed by atoms with Gasteiger partial charge in [0.25, 0.3) is 0 Å². The molecule has 23 heavy (non-hydrogen) atoms. The second-order valence-electron chi connectivity index (χ2n) is 8.08. The van der Waals surface area contributed by atoms with Gasteiger partial charge in [-0.05, 0) is 63.2 Å². The molecule has 2 aliphatic rings. The van der Waals surface area contributed by atoms with Crippen molar-refractivity contribution in [2.24, 2.45) is 17.8 Å². The van der Waals surface area contributed by atoms with Gasteiger partial charge in [0.15, 0.2) is 0 Å². The van der Waals surface area contributed by atoms with Crippen LogP contribution in [0.3, 0.4) is 0 Å². The SMILES string of the molecule is CCCCCC1CCC(OC(=O)C2CCC(CCC)CC2)CC1. The van der Waals surface area contributed by atoms with E-state index in [1.165, 1.54) is 64.2 Å². The van der Waals surface area contributed by atoms with Gasteiger partial charge in [-0.15, -0.1) is 0 Å². The van der Waals surface area contributed by atoms with Crippen molar-refractivity contribution in [2.75, 3.05) is 0 Å². The Morgan fingerprint density at radius 2 is 1.39 bits per heavy atom. The summed E-state index contributed by atoms with van der Waals surface area (Å²) >= 11 is 0. The average molecular weight is 323 g/mol. The van der Waals surface area contributed by atoms with Gasteiger partial charge in [-0.3, -0.25) is 4.79 Å². The molecule has 0 N–H and O–H groups in total. The van der Waals surface area contributed by atoms with E-state index < -0.39 is 0 Å². The van der Waals surface area contributed by atoms with Crippen LogP contribution in [0.2, 0.25) is 0 Å². The Morgan fingerprint density at radius 1 is 0.783 bits per heavy atom. The van der Waals surface area contributed by atoms with E-state index in [0.717, 1.165) is 37.5 Å². The molecule has 0 heterocycles. The number of unbranched alkanes of at least 4 members (excludes halogenated alkanes) is 2. The second-order valence-corrected chi connectivity index (χ2v) is 8.08. The Morgan fingerprint density at radius 3 is 2.00 bits per heavy atom. The molecular weight excluding hydrogens is 284 g/mol. The van der Waals surface area contributed by atoms with Crippen molar-refractivity contribution in [3.63, 3.8) is 0 Å². The highest BCUT2D eigenvalue weighted by Crippen LogP contribution is 2.34. The van der Waals surface area contributed by atoms with Crippen molar-refractivity contribution in [3.8, 4) is 0 Å². The van der Waals surface area contributed by atoms with Gasteiger partial charge in [0.2, 0.25) is 0 Å². The zero-order chi connectivity index (χ0) is 16.5. The third kappa shape index (κ3) is 6.47. The zero-order valence-corrected chi connectivity index (χ0v) is 15.5. The smallest absolute Gasteiger partial charge is 0.309 e. The van der Waals surface area contributed by atoms with Gasteiger partial charge in [0.05, 0.1) is 5.92 Å². The van der Waals surface area contributed by atoms with Gasteiger partial charge in [0, 0.05) is 0 Å². The van der Waals surface area contributed by atoms with Crippen molar-refractivity contribution in [3.05, 3.63) is 0 Å². The van der Waals surface area contributed by atoms with E-state index in [1.54, 1.807) is 0 Å². The van der Waals surface area contributed by atoms with Gasteiger partial charge < -0.3 is 4.74 Å². The maximum absolute atomic E-state index is 12.4. The monoisotopic (exact) mass is 322 g/mol. The summed E-state index contributed by atoms with van der Waals surface area (Å²) in [5, 5.41) is 0. The molecule has 2 rings (SSSR count). The molecule has 2 nitrogen and oxygen atoms in total. The van der Waals surface area contributed by atoms with Crippen LogP contribution in [-0.2, 0) is 9.53 Å². The van der Waals surface area contributed by atoms with Gasteiger partial charge in [-0.2, -0.15) is 0 Å². The zero-order valence-electron chi connectivity index (χ0n) is 15.5. The Labute approximate surface area is 143 Å². The third-order valence-electron chi connectivity index (χ3n) is 6.17. The number of carbonyl (C=O) groups is 1. The van der Waals surface area contributed by atoms with Crippen molar-refractivity contribution < 1.29 is 9.53 Å². The Kier molecular flexibility index (Phi) is 8.47. The predicted molar refractivity (Wildman–Crippen MR) is 96.3 cm³/mol. The van der Waals surface area contributed by atoms with Crippen LogP contribution in [-0.4, -0.2) is 12.1 Å². The van der Waals surface area contributed by atoms with Crippen LogP contribution in [0.5, 0.6) is 0 Å². The maximum Gasteiger partial charge on any atom is 0.309 e. The van der Waals surface area contributed by atoms with Gasteiger partial charge in [-0.1, -0.05) is 52.4 Å². The van der Waals surface area contributed by atoms with Crippen LogP contribution < -0.4 is 0 Å². The normalized spacial score (nSPS) is 31.7. The highest BCUT2D eigenvalue weighted by Gasteiger charge is 2.30. The van der Waals surface area contributed by atoms with Crippen molar-refractivity contribution >= 4 is 5.97 Å². The van der Waals surface area contributed by atoms with E-state index in [9.17, 15) is 4.79 Å². The van der Waals surface area contributed by atoms with Crippen molar-refractivity contribution in [2.45, 2.75) is 110 Å². The minimum atomic E-state index is 0.120. The number of hydrogen-bond donors (Lipinski definition) is 0. The molecule has 0 saturated heterocycles. The number of esters is 1. The fraction of sp³-hybridized carbons (Fsp3) is 0.952. The average Bonchev–Trinajstić information content (AvgIpc) is 2.57. The van der Waals surface area contributed by atoms with Gasteiger partial charge in [-0.25, -0.2) is 0 Å². The number of rotatable bonds is 8. The summed E-state index contributed by atoms with van der Waals surface area (Å²) in [5.74, 6) is 2.07. The van der Waals surface area contributed by atoms with E-state index in [1.807, 2.05) is 0 Å². The molecule has 0 amide bonds. The first-order valence-electron chi connectivity index (χ1n) is 10.4. The fourth-order valence-corrected chi connectivity index (χ4v) is 4.58. The lowest BCUT2D eigenvalue weighted by atomic mass is 9.80. The standard InChI is InChI=1S/C21H38O2/c1-3-5-6-8-18-11-15-20(16-12-18)23-21(22)19-13-9-17(7-4-2)10-14-19/h17-20H,3-16H2,1-2H3. The van der Waals surface area contributed by atoms with Crippen molar-refractivity contribution in [1.29, 1.82) is 0 Å². The summed E-state index contributed by atoms with van der Waals surface area (Å²) in [6, 6.07) is 0. The molecule has 0 radical (unpaired) electrons. The van der Waals surface area contributed by atoms with Crippen LogP contribution in [0.1, 0.15) is 104 Å². The van der Waals surface area contributed by atoms with E-state index in [2.05, 4.69) is 13.8 Å². The molecule has 2 fully saturated rings. The summed E-state index contributed by atoms with van der Waals surface area (Å²) in [4.78, 5) is 12.4. The number of carbonyl (C=O) groups excluding carboxylic acids is 1. The fourth-order valence-electron chi connectivity index (χ4n) is 4.58. The highest BCUT2D eigenvalue weighted by molar-refractivity contribution is 5.72. The van der Waals surface area contributed by atoms with Crippen molar-refractivity contribution in [1.82, 2.24) is 0 Å². The lowest BCUT2D eigenvalue weighted by molar-refractivity contribution is -0.157. The predicted octanol–water partition coefficient (Wildman–Crippen LogP) is 6.28. The van der Waals surface area contributed by atoms with Crippen LogP contribution in [0.25, 0.3) is 0 Å². The first-order valence-corrected chi connectivity index (χ1v) is 10.4. The summed E-state index contributed by atoms with van der Waals surface area (Å²) in [6.07, 6.45) is 17.6. The first-order chi connectivity index (χ1) is 11.2. The first kappa shape index (κ1) is 18.8. The molecule has 0 aromatic carbocycles. The molecule has 0 aromatic rings. The maximum atomic E-state index is 12.4. The third-order valence-corrected chi connectivity index (χ3v) is 6.17. The molecular formula is C21H38O2. The minimum Gasteiger partial charge on any atom is -0.462 e. The molecule has 0 aromatic heterocycles. The Balaban J connectivity index is 1.61. The summed E-state index contributed by atoms with van der Waals surface area (Å²) in [6.45, 7) is 4.53. The van der Waals surface area contributed by atoms with E-state index in [0.29, 0.717) is 0 Å². The Hall–Kier alpha value is -0.530. The van der Waals surface area contributed by atoms with Crippen LogP contribution in [0.4, 0.5) is 0 Å². The lowest BCUT2D eigenvalue weighted by Gasteiger charge is -2.31. The molecule has 134 valence electrons. The molecule has 2 saturated carbocycles. The molecule has 2 heteroatoms. The number of hydrogen-bond acceptors (Lipinski definition) is 2. The highest BCUT2D eigenvalue weighted by atomic mass is 16.5. The molecule has 0 spiro atoms. The molecule has 0 bridgehead atoms. The van der Waals surface area contributed by atoms with Crippen LogP contribution in [0, 0.1) is 17.8 Å². The van der Waals surface area contributed by atoms with Gasteiger partial charge in [0.1, 0.15) is 6.10 Å². The quantitative estimate of drug-likeness (QED) is 0.388. The van der Waals surface area contributed by atoms with E-state index in [4.69, 9.17) is 4.74 Å². The van der Waals surface area contributed by atoms with E-state index >= 15 is 0 Å². The van der Waals surface area contributed by atoms with E-state index in [-0.39, 0.29) is 18.0 Å². The Bertz CT molecular complexity index is 323. The lowest BCUT2D eigenvalue weighted by Crippen LogP contribution is -2.30. The number of ether oxygens (including phenoxy) is 1. The summed E-state index contributed by atoms with van der Waals surface area (Å²) < 4.78 is 5.86. The van der Waals surface area contributed by atoms with Crippen LogP contribution >= 0.6 is 0 Å². The summed E-state index contributed by atoms with van der Waals surface area (Å²) in [5.41, 5.74) is 0. The summed E-state index contributed by atoms with van der Waals surface area (Å²) in [7, 11) is 0. The van der Waals surface area contributed by atoms with Crippen LogP contribution in [0.15, 0.2) is 0 Å². The molecule has 0 atom stereocenters. The second kappa shape index (κ2) is 10.4. The molecule has 0 aliphatic heterocycles. The molecule has 2 aliphatic carbocycles. The largest absolute Gasteiger partial charge is 0.462 e. The topological polar surface area (TPSA) is 26.3 Å². The molecule has 0 unspecified atom stereocenters. The minimum absolute atomic E-state index is 0.120. The van der Waals surface area contributed by atoms with Gasteiger partial charge >= 0.3 is 5.97 Å².